The normalized spacial score (nSPS) is 11.6. The number of methoxy groups -OCH3 is 1. The topological polar surface area (TPSA) is 65.0 Å². The summed E-state index contributed by atoms with van der Waals surface area (Å²) >= 11 is 2.03. The molecule has 0 atom stereocenters. The third-order valence-electron chi connectivity index (χ3n) is 4.18. The van der Waals surface area contributed by atoms with Gasteiger partial charge in [0.15, 0.2) is 11.5 Å². The van der Waals surface area contributed by atoms with Gasteiger partial charge in [-0.2, -0.15) is 8.42 Å². The minimum atomic E-state index is -3.96. The second-order valence-electron chi connectivity index (χ2n) is 6.16. The molecule has 0 bridgehead atoms. The maximum Gasteiger partial charge on any atom is 0.339 e. The van der Waals surface area contributed by atoms with Crippen molar-refractivity contribution in [3.05, 3.63) is 81.4 Å². The highest BCUT2D eigenvalue weighted by Gasteiger charge is 2.21. The van der Waals surface area contributed by atoms with Gasteiger partial charge >= 0.3 is 10.1 Å². The van der Waals surface area contributed by atoms with Crippen molar-refractivity contribution in [1.82, 2.24) is 0 Å². The SMILES string of the molecule is CCc1ccc(N=Cc2cc(I)c(OS(=O)(=O)c3ccccc3)c(OC)c2)cc1. The number of nitrogens with zero attached hydrogens (tertiary/aromatic N) is 1. The maximum absolute atomic E-state index is 12.6. The van der Waals surface area contributed by atoms with Crippen LogP contribution in [0.4, 0.5) is 5.69 Å². The number of aliphatic imine (C=N–C) groups is 1. The van der Waals surface area contributed by atoms with Gasteiger partial charge < -0.3 is 8.92 Å². The minimum Gasteiger partial charge on any atom is -0.493 e. The summed E-state index contributed by atoms with van der Waals surface area (Å²) in [5.41, 5.74) is 2.86. The van der Waals surface area contributed by atoms with E-state index in [1.807, 2.05) is 46.9 Å². The summed E-state index contributed by atoms with van der Waals surface area (Å²) in [5, 5.41) is 0. The van der Waals surface area contributed by atoms with E-state index in [1.165, 1.54) is 24.8 Å². The van der Waals surface area contributed by atoms with Gasteiger partial charge in [0.1, 0.15) is 4.90 Å². The number of rotatable bonds is 7. The molecule has 0 N–H and O–H groups in total. The summed E-state index contributed by atoms with van der Waals surface area (Å²) in [6.45, 7) is 2.11. The van der Waals surface area contributed by atoms with E-state index in [2.05, 4.69) is 11.9 Å². The van der Waals surface area contributed by atoms with Gasteiger partial charge in [0.05, 0.1) is 16.4 Å². The first kappa shape index (κ1) is 21.3. The van der Waals surface area contributed by atoms with E-state index in [4.69, 9.17) is 8.92 Å². The van der Waals surface area contributed by atoms with Gasteiger partial charge in [0.2, 0.25) is 0 Å². The molecule has 0 aliphatic carbocycles. The third-order valence-corrected chi connectivity index (χ3v) is 6.22. The molecule has 150 valence electrons. The molecule has 0 spiro atoms. The van der Waals surface area contributed by atoms with E-state index < -0.39 is 10.1 Å². The first-order valence-electron chi connectivity index (χ1n) is 8.93. The molecule has 3 rings (SSSR count). The fourth-order valence-electron chi connectivity index (χ4n) is 2.61. The molecular formula is C22H20INO4S. The predicted octanol–water partition coefficient (Wildman–Crippen LogP) is 5.38. The summed E-state index contributed by atoms with van der Waals surface area (Å²) in [7, 11) is -2.49. The van der Waals surface area contributed by atoms with Gasteiger partial charge in [0, 0.05) is 6.21 Å². The first-order valence-corrected chi connectivity index (χ1v) is 11.4. The van der Waals surface area contributed by atoms with Crippen LogP contribution in [0, 0.1) is 3.57 Å². The van der Waals surface area contributed by atoms with Gasteiger partial charge in [-0.15, -0.1) is 0 Å². The van der Waals surface area contributed by atoms with Gasteiger partial charge in [-0.05, 0) is 76.5 Å². The molecule has 29 heavy (non-hydrogen) atoms. The Morgan fingerprint density at radius 1 is 1.03 bits per heavy atom. The van der Waals surface area contributed by atoms with Crippen LogP contribution in [-0.4, -0.2) is 21.7 Å². The Bertz CT molecular complexity index is 1110. The highest BCUT2D eigenvalue weighted by Crippen LogP contribution is 2.35. The third kappa shape index (κ3) is 5.36. The standard InChI is InChI=1S/C22H20INO4S/c1-3-16-9-11-18(12-10-16)24-15-17-13-20(23)22(21(14-17)27-2)28-29(25,26)19-7-5-4-6-8-19/h4-15H,3H2,1-2H3. The number of hydrogen-bond donors (Lipinski definition) is 0. The van der Waals surface area contributed by atoms with E-state index >= 15 is 0 Å². The van der Waals surface area contributed by atoms with Crippen molar-refractivity contribution >= 4 is 44.6 Å². The first-order chi connectivity index (χ1) is 13.9. The molecule has 0 unspecified atom stereocenters. The molecule has 0 fully saturated rings. The zero-order valence-corrected chi connectivity index (χ0v) is 19.0. The fraction of sp³-hybridized carbons (Fsp3) is 0.136. The van der Waals surface area contributed by atoms with Crippen LogP contribution in [0.3, 0.4) is 0 Å². The average molecular weight is 521 g/mol. The Balaban J connectivity index is 1.88. The lowest BCUT2D eigenvalue weighted by atomic mass is 10.1. The Morgan fingerprint density at radius 2 is 1.72 bits per heavy atom. The molecule has 0 radical (unpaired) electrons. The van der Waals surface area contributed by atoms with Crippen LogP contribution in [0.25, 0.3) is 0 Å². The summed E-state index contributed by atoms with van der Waals surface area (Å²) in [6.07, 6.45) is 2.69. The lowest BCUT2D eigenvalue weighted by molar-refractivity contribution is 0.389. The van der Waals surface area contributed by atoms with Crippen LogP contribution >= 0.6 is 22.6 Å². The number of benzene rings is 3. The van der Waals surface area contributed by atoms with Crippen LogP contribution in [-0.2, 0) is 16.5 Å². The van der Waals surface area contributed by atoms with Crippen LogP contribution < -0.4 is 8.92 Å². The molecule has 0 saturated heterocycles. The molecule has 3 aromatic rings. The smallest absolute Gasteiger partial charge is 0.339 e. The van der Waals surface area contributed by atoms with Crippen LogP contribution in [0.15, 0.2) is 76.6 Å². The van der Waals surface area contributed by atoms with Crippen molar-refractivity contribution in [2.45, 2.75) is 18.2 Å². The lowest BCUT2D eigenvalue weighted by Gasteiger charge is -2.13. The number of aryl methyl sites for hydroxylation is 1. The summed E-state index contributed by atoms with van der Waals surface area (Å²) in [6, 6.07) is 19.5. The number of halogens is 1. The van der Waals surface area contributed by atoms with E-state index in [-0.39, 0.29) is 10.6 Å². The molecule has 7 heteroatoms. The fourth-order valence-corrected chi connectivity index (χ4v) is 4.47. The second kappa shape index (κ2) is 9.41. The highest BCUT2D eigenvalue weighted by atomic mass is 127. The van der Waals surface area contributed by atoms with Gasteiger partial charge in [0.25, 0.3) is 0 Å². The second-order valence-corrected chi connectivity index (χ2v) is 8.87. The summed E-state index contributed by atoms with van der Waals surface area (Å²) in [4.78, 5) is 4.56. The van der Waals surface area contributed by atoms with Crippen LogP contribution in [0.2, 0.25) is 0 Å². The largest absolute Gasteiger partial charge is 0.493 e. The van der Waals surface area contributed by atoms with Gasteiger partial charge in [-0.1, -0.05) is 37.3 Å². The molecule has 0 aliphatic heterocycles. The molecule has 0 amide bonds. The lowest BCUT2D eigenvalue weighted by Crippen LogP contribution is -2.11. The summed E-state index contributed by atoms with van der Waals surface area (Å²) < 4.78 is 36.5. The van der Waals surface area contributed by atoms with Crippen molar-refractivity contribution in [2.75, 3.05) is 7.11 Å². The van der Waals surface area contributed by atoms with Crippen LogP contribution in [0.5, 0.6) is 11.5 Å². The molecule has 3 aromatic carbocycles. The Hall–Kier alpha value is -2.39. The van der Waals surface area contributed by atoms with Crippen molar-refractivity contribution in [3.63, 3.8) is 0 Å². The Morgan fingerprint density at radius 3 is 2.34 bits per heavy atom. The number of ether oxygens (including phenoxy) is 1. The zero-order chi connectivity index (χ0) is 20.9. The highest BCUT2D eigenvalue weighted by molar-refractivity contribution is 14.1. The Kier molecular flexibility index (Phi) is 6.92. The average Bonchev–Trinajstić information content (AvgIpc) is 2.74. The minimum absolute atomic E-state index is 0.0824. The number of hydrogen-bond acceptors (Lipinski definition) is 5. The molecule has 0 saturated carbocycles. The van der Waals surface area contributed by atoms with E-state index in [0.717, 1.165) is 17.7 Å². The molecule has 0 aliphatic rings. The quantitative estimate of drug-likeness (QED) is 0.238. The van der Waals surface area contributed by atoms with Gasteiger partial charge in [-0.25, -0.2) is 0 Å². The van der Waals surface area contributed by atoms with Crippen molar-refractivity contribution in [2.24, 2.45) is 4.99 Å². The zero-order valence-electron chi connectivity index (χ0n) is 16.0. The Labute approximate surface area is 184 Å². The molecule has 0 aromatic heterocycles. The van der Waals surface area contributed by atoms with E-state index in [1.54, 1.807) is 36.5 Å². The van der Waals surface area contributed by atoms with Crippen molar-refractivity contribution in [3.8, 4) is 11.5 Å². The monoisotopic (exact) mass is 521 g/mol. The molecular weight excluding hydrogens is 501 g/mol. The summed E-state index contributed by atoms with van der Waals surface area (Å²) in [5.74, 6) is 0.473. The maximum atomic E-state index is 12.6. The van der Waals surface area contributed by atoms with Gasteiger partial charge in [-0.3, -0.25) is 4.99 Å². The van der Waals surface area contributed by atoms with Crippen LogP contribution in [0.1, 0.15) is 18.1 Å². The van der Waals surface area contributed by atoms with Crippen molar-refractivity contribution in [1.29, 1.82) is 0 Å². The molecule has 5 nitrogen and oxygen atoms in total. The predicted molar refractivity (Wildman–Crippen MR) is 123 cm³/mol. The van der Waals surface area contributed by atoms with Crippen molar-refractivity contribution < 1.29 is 17.3 Å². The van der Waals surface area contributed by atoms with E-state index in [9.17, 15) is 8.42 Å². The van der Waals surface area contributed by atoms with E-state index in [0.29, 0.717) is 9.32 Å². The molecule has 0 heterocycles.